The topological polar surface area (TPSA) is 71.4 Å². The molecule has 0 atom stereocenters. The number of carbonyl (C=O) groups is 1. The molecule has 27 heavy (non-hydrogen) atoms. The molecule has 1 aliphatic carbocycles. The van der Waals surface area contributed by atoms with E-state index in [1.165, 1.54) is 32.1 Å². The van der Waals surface area contributed by atoms with E-state index in [0.717, 1.165) is 58.8 Å². The number of rotatable bonds is 5. The van der Waals surface area contributed by atoms with Gasteiger partial charge in [-0.25, -0.2) is 0 Å². The first kappa shape index (κ1) is 18.9. The SMILES string of the molecule is O=C(NCC1(N2CCOCC2)CCCCC1)C1(n2cccn2)CCNCC1. The lowest BCUT2D eigenvalue weighted by Crippen LogP contribution is -2.62. The van der Waals surface area contributed by atoms with Gasteiger partial charge in [-0.15, -0.1) is 0 Å². The molecule has 0 unspecified atom stereocenters. The Labute approximate surface area is 161 Å². The van der Waals surface area contributed by atoms with Crippen LogP contribution in [0.25, 0.3) is 0 Å². The summed E-state index contributed by atoms with van der Waals surface area (Å²) in [6.45, 7) is 6.00. The van der Waals surface area contributed by atoms with Crippen molar-refractivity contribution >= 4 is 5.91 Å². The number of nitrogens with zero attached hydrogens (tertiary/aromatic N) is 3. The highest BCUT2D eigenvalue weighted by Crippen LogP contribution is 2.34. The van der Waals surface area contributed by atoms with E-state index in [9.17, 15) is 4.79 Å². The number of piperidine rings is 1. The Morgan fingerprint density at radius 1 is 1.11 bits per heavy atom. The Kier molecular flexibility index (Phi) is 5.80. The molecular weight excluding hydrogens is 342 g/mol. The molecule has 7 nitrogen and oxygen atoms in total. The molecule has 7 heteroatoms. The maximum Gasteiger partial charge on any atom is 0.248 e. The molecule has 1 aromatic rings. The quantitative estimate of drug-likeness (QED) is 0.807. The van der Waals surface area contributed by atoms with Crippen molar-refractivity contribution in [3.05, 3.63) is 18.5 Å². The van der Waals surface area contributed by atoms with Crippen molar-refractivity contribution in [1.82, 2.24) is 25.3 Å². The Hall–Kier alpha value is -1.44. The van der Waals surface area contributed by atoms with Crippen LogP contribution in [0.2, 0.25) is 0 Å². The van der Waals surface area contributed by atoms with Gasteiger partial charge in [0.25, 0.3) is 0 Å². The highest BCUT2D eigenvalue weighted by atomic mass is 16.5. The van der Waals surface area contributed by atoms with Gasteiger partial charge in [0.15, 0.2) is 0 Å². The molecule has 0 spiro atoms. The second-order valence-corrected chi connectivity index (χ2v) is 8.30. The van der Waals surface area contributed by atoms with Crippen molar-refractivity contribution in [3.8, 4) is 0 Å². The largest absolute Gasteiger partial charge is 0.379 e. The minimum atomic E-state index is -0.560. The first-order valence-electron chi connectivity index (χ1n) is 10.6. The van der Waals surface area contributed by atoms with Crippen molar-refractivity contribution in [2.45, 2.75) is 56.0 Å². The van der Waals surface area contributed by atoms with E-state index in [0.29, 0.717) is 0 Å². The van der Waals surface area contributed by atoms with E-state index in [-0.39, 0.29) is 11.4 Å². The zero-order chi connectivity index (χ0) is 18.6. The number of ether oxygens (including phenoxy) is 1. The molecule has 3 aliphatic rings. The van der Waals surface area contributed by atoms with Crippen molar-refractivity contribution in [2.24, 2.45) is 0 Å². The fraction of sp³-hybridized carbons (Fsp3) is 0.800. The third kappa shape index (κ3) is 3.77. The monoisotopic (exact) mass is 375 g/mol. The minimum Gasteiger partial charge on any atom is -0.379 e. The average Bonchev–Trinajstić information content (AvgIpc) is 3.29. The third-order valence-electron chi connectivity index (χ3n) is 6.84. The lowest BCUT2D eigenvalue weighted by atomic mass is 9.79. The fourth-order valence-electron chi connectivity index (χ4n) is 5.18. The molecule has 4 rings (SSSR count). The number of nitrogens with one attached hydrogen (secondary N) is 2. The molecule has 0 bridgehead atoms. The molecule has 1 amide bonds. The molecule has 3 fully saturated rings. The van der Waals surface area contributed by atoms with Crippen LogP contribution in [0.1, 0.15) is 44.9 Å². The van der Waals surface area contributed by atoms with Gasteiger partial charge in [-0.1, -0.05) is 19.3 Å². The van der Waals surface area contributed by atoms with Crippen LogP contribution < -0.4 is 10.6 Å². The summed E-state index contributed by atoms with van der Waals surface area (Å²) in [7, 11) is 0. The van der Waals surface area contributed by atoms with Gasteiger partial charge < -0.3 is 15.4 Å². The van der Waals surface area contributed by atoms with Crippen LogP contribution in [-0.2, 0) is 15.1 Å². The van der Waals surface area contributed by atoms with Crippen LogP contribution in [0, 0.1) is 0 Å². The van der Waals surface area contributed by atoms with Gasteiger partial charge in [-0.2, -0.15) is 5.10 Å². The Morgan fingerprint density at radius 2 is 1.85 bits per heavy atom. The third-order valence-corrected chi connectivity index (χ3v) is 6.84. The molecule has 1 aromatic heterocycles. The van der Waals surface area contributed by atoms with Gasteiger partial charge in [0.05, 0.1) is 13.2 Å². The van der Waals surface area contributed by atoms with E-state index >= 15 is 0 Å². The zero-order valence-corrected chi connectivity index (χ0v) is 16.3. The molecule has 2 N–H and O–H groups in total. The normalized spacial score (nSPS) is 25.8. The van der Waals surface area contributed by atoms with Crippen molar-refractivity contribution in [1.29, 1.82) is 0 Å². The lowest BCUT2D eigenvalue weighted by Gasteiger charge is -2.48. The van der Waals surface area contributed by atoms with Crippen LogP contribution in [0.15, 0.2) is 18.5 Å². The second kappa shape index (κ2) is 8.29. The number of hydrogen-bond donors (Lipinski definition) is 2. The number of aromatic nitrogens is 2. The number of hydrogen-bond acceptors (Lipinski definition) is 5. The van der Waals surface area contributed by atoms with Gasteiger partial charge in [0.2, 0.25) is 5.91 Å². The van der Waals surface area contributed by atoms with Gasteiger partial charge in [0, 0.05) is 37.6 Å². The van der Waals surface area contributed by atoms with E-state index in [1.54, 1.807) is 6.20 Å². The molecule has 0 radical (unpaired) electrons. The first-order chi connectivity index (χ1) is 13.3. The Balaban J connectivity index is 1.50. The fourth-order valence-corrected chi connectivity index (χ4v) is 5.18. The van der Waals surface area contributed by atoms with E-state index < -0.39 is 5.54 Å². The van der Waals surface area contributed by atoms with Crippen molar-refractivity contribution < 1.29 is 9.53 Å². The van der Waals surface area contributed by atoms with Crippen molar-refractivity contribution in [3.63, 3.8) is 0 Å². The molecule has 3 heterocycles. The molecular formula is C20H33N5O2. The molecule has 1 saturated carbocycles. The van der Waals surface area contributed by atoms with Gasteiger partial charge in [-0.05, 0) is 44.8 Å². The van der Waals surface area contributed by atoms with Crippen molar-refractivity contribution in [2.75, 3.05) is 45.9 Å². The minimum absolute atomic E-state index is 0.0932. The summed E-state index contributed by atoms with van der Waals surface area (Å²) in [5.74, 6) is 0.130. The zero-order valence-electron chi connectivity index (χ0n) is 16.3. The molecule has 2 aliphatic heterocycles. The predicted octanol–water partition coefficient (Wildman–Crippen LogP) is 1.11. The van der Waals surface area contributed by atoms with Gasteiger partial charge in [-0.3, -0.25) is 14.4 Å². The number of morpholine rings is 1. The summed E-state index contributed by atoms with van der Waals surface area (Å²) < 4.78 is 7.45. The maximum absolute atomic E-state index is 13.4. The van der Waals surface area contributed by atoms with Crippen LogP contribution in [0.3, 0.4) is 0 Å². The summed E-state index contributed by atoms with van der Waals surface area (Å²) in [5.41, 5.74) is -0.467. The summed E-state index contributed by atoms with van der Waals surface area (Å²) in [4.78, 5) is 16.0. The number of amides is 1. The van der Waals surface area contributed by atoms with Crippen LogP contribution in [0.5, 0.6) is 0 Å². The molecule has 0 aromatic carbocycles. The summed E-state index contributed by atoms with van der Waals surface area (Å²) >= 11 is 0. The highest BCUT2D eigenvalue weighted by molar-refractivity contribution is 5.84. The summed E-state index contributed by atoms with van der Waals surface area (Å²) in [6.07, 6.45) is 11.4. The predicted molar refractivity (Wildman–Crippen MR) is 104 cm³/mol. The van der Waals surface area contributed by atoms with Crippen LogP contribution >= 0.6 is 0 Å². The van der Waals surface area contributed by atoms with E-state index in [1.807, 2.05) is 16.9 Å². The average molecular weight is 376 g/mol. The first-order valence-corrected chi connectivity index (χ1v) is 10.6. The maximum atomic E-state index is 13.4. The van der Waals surface area contributed by atoms with E-state index in [4.69, 9.17) is 4.74 Å². The summed E-state index contributed by atoms with van der Waals surface area (Å²) in [5, 5.41) is 11.2. The lowest BCUT2D eigenvalue weighted by molar-refractivity contribution is -0.133. The molecule has 2 saturated heterocycles. The van der Waals surface area contributed by atoms with Crippen LogP contribution in [0.4, 0.5) is 0 Å². The second-order valence-electron chi connectivity index (χ2n) is 8.30. The number of carbonyl (C=O) groups excluding carboxylic acids is 1. The summed E-state index contributed by atoms with van der Waals surface area (Å²) in [6, 6.07) is 1.91. The molecule has 150 valence electrons. The van der Waals surface area contributed by atoms with Gasteiger partial charge >= 0.3 is 0 Å². The standard InChI is InChI=1S/C20H33N5O2/c26-18(20(7-10-21-11-8-20)25-12-4-9-23-25)22-17-19(5-2-1-3-6-19)24-13-15-27-16-14-24/h4,9,12,21H,1-3,5-8,10-11,13-17H2,(H,22,26). The smallest absolute Gasteiger partial charge is 0.248 e. The Bertz CT molecular complexity index is 600. The highest BCUT2D eigenvalue weighted by Gasteiger charge is 2.44. The Morgan fingerprint density at radius 3 is 2.52 bits per heavy atom. The van der Waals surface area contributed by atoms with E-state index in [2.05, 4.69) is 20.6 Å². The van der Waals surface area contributed by atoms with Crippen LogP contribution in [-0.4, -0.2) is 72.1 Å². The van der Waals surface area contributed by atoms with Gasteiger partial charge in [0.1, 0.15) is 5.54 Å².